The summed E-state index contributed by atoms with van der Waals surface area (Å²) in [5, 5.41) is 3.42. The van der Waals surface area contributed by atoms with Gasteiger partial charge in [0, 0.05) is 24.8 Å². The van der Waals surface area contributed by atoms with Crippen molar-refractivity contribution in [3.05, 3.63) is 23.9 Å². The number of nitrogens with one attached hydrogen (secondary N) is 1. The average molecular weight is 263 g/mol. The number of anilines is 1. The Balaban J connectivity index is 1.82. The van der Waals surface area contributed by atoms with E-state index in [2.05, 4.69) is 10.3 Å². The summed E-state index contributed by atoms with van der Waals surface area (Å²) >= 11 is 0. The summed E-state index contributed by atoms with van der Waals surface area (Å²) < 4.78 is 5.00. The SMILES string of the molecule is CCOC(=O)N1CCC(Nc2cccc(C)n2)CC1. The molecule has 1 N–H and O–H groups in total. The molecule has 0 bridgehead atoms. The molecule has 5 nitrogen and oxygen atoms in total. The van der Waals surface area contributed by atoms with Crippen LogP contribution in [0.5, 0.6) is 0 Å². The third kappa shape index (κ3) is 3.84. The predicted molar refractivity (Wildman–Crippen MR) is 74.2 cm³/mol. The minimum Gasteiger partial charge on any atom is -0.450 e. The number of ether oxygens (including phenoxy) is 1. The lowest BCUT2D eigenvalue weighted by Gasteiger charge is -2.31. The number of pyridine rings is 1. The van der Waals surface area contributed by atoms with Gasteiger partial charge in [-0.2, -0.15) is 0 Å². The molecule has 0 unspecified atom stereocenters. The zero-order valence-corrected chi connectivity index (χ0v) is 11.6. The van der Waals surface area contributed by atoms with Gasteiger partial charge in [-0.15, -0.1) is 0 Å². The third-order valence-electron chi connectivity index (χ3n) is 3.26. The highest BCUT2D eigenvalue weighted by atomic mass is 16.6. The van der Waals surface area contributed by atoms with E-state index in [9.17, 15) is 4.79 Å². The van der Waals surface area contributed by atoms with Crippen LogP contribution in [-0.2, 0) is 4.74 Å². The van der Waals surface area contributed by atoms with Crippen LogP contribution >= 0.6 is 0 Å². The fourth-order valence-electron chi connectivity index (χ4n) is 2.25. The Kier molecular flexibility index (Phi) is 4.60. The van der Waals surface area contributed by atoms with Crippen molar-refractivity contribution in [2.45, 2.75) is 32.7 Å². The van der Waals surface area contributed by atoms with Gasteiger partial charge in [-0.3, -0.25) is 0 Å². The highest BCUT2D eigenvalue weighted by Crippen LogP contribution is 2.16. The number of piperidine rings is 1. The molecular weight excluding hydrogens is 242 g/mol. The maximum atomic E-state index is 11.6. The van der Waals surface area contributed by atoms with Gasteiger partial charge in [0.15, 0.2) is 0 Å². The topological polar surface area (TPSA) is 54.5 Å². The molecule has 1 amide bonds. The summed E-state index contributed by atoms with van der Waals surface area (Å²) in [7, 11) is 0. The van der Waals surface area contributed by atoms with Gasteiger partial charge in [-0.1, -0.05) is 6.07 Å². The van der Waals surface area contributed by atoms with Crippen LogP contribution < -0.4 is 5.32 Å². The Hall–Kier alpha value is -1.78. The number of hydrogen-bond acceptors (Lipinski definition) is 4. The molecule has 2 rings (SSSR count). The maximum Gasteiger partial charge on any atom is 0.409 e. The highest BCUT2D eigenvalue weighted by Gasteiger charge is 2.23. The first-order chi connectivity index (χ1) is 9.19. The summed E-state index contributed by atoms with van der Waals surface area (Å²) in [5.41, 5.74) is 1.01. The van der Waals surface area contributed by atoms with Crippen LogP contribution in [-0.4, -0.2) is 41.7 Å². The van der Waals surface area contributed by atoms with E-state index in [1.165, 1.54) is 0 Å². The minimum atomic E-state index is -0.199. The van der Waals surface area contributed by atoms with Crippen LogP contribution in [0.3, 0.4) is 0 Å². The van der Waals surface area contributed by atoms with E-state index in [1.54, 1.807) is 4.90 Å². The largest absolute Gasteiger partial charge is 0.450 e. The summed E-state index contributed by atoms with van der Waals surface area (Å²) in [6.45, 7) is 5.72. The Labute approximate surface area is 114 Å². The summed E-state index contributed by atoms with van der Waals surface area (Å²) in [6, 6.07) is 6.33. The molecule has 1 aromatic heterocycles. The van der Waals surface area contributed by atoms with Crippen LogP contribution in [0.4, 0.5) is 10.6 Å². The van der Waals surface area contributed by atoms with Gasteiger partial charge in [-0.05, 0) is 38.8 Å². The molecular formula is C14H21N3O2. The number of rotatable bonds is 3. The Morgan fingerprint density at radius 2 is 2.21 bits per heavy atom. The Morgan fingerprint density at radius 3 is 2.84 bits per heavy atom. The Morgan fingerprint density at radius 1 is 1.47 bits per heavy atom. The molecule has 1 fully saturated rings. The smallest absolute Gasteiger partial charge is 0.409 e. The van der Waals surface area contributed by atoms with Crippen molar-refractivity contribution in [1.82, 2.24) is 9.88 Å². The van der Waals surface area contributed by atoms with Gasteiger partial charge in [-0.25, -0.2) is 9.78 Å². The first kappa shape index (κ1) is 13.6. The lowest BCUT2D eigenvalue weighted by atomic mass is 10.1. The molecule has 19 heavy (non-hydrogen) atoms. The summed E-state index contributed by atoms with van der Waals surface area (Å²) in [6.07, 6.45) is 1.65. The lowest BCUT2D eigenvalue weighted by molar-refractivity contribution is 0.0983. The predicted octanol–water partition coefficient (Wildman–Crippen LogP) is 2.42. The number of hydrogen-bond donors (Lipinski definition) is 1. The van der Waals surface area contributed by atoms with Crippen molar-refractivity contribution in [3.63, 3.8) is 0 Å². The minimum absolute atomic E-state index is 0.199. The van der Waals surface area contributed by atoms with Crippen molar-refractivity contribution in [1.29, 1.82) is 0 Å². The van der Waals surface area contributed by atoms with Gasteiger partial charge in [0.05, 0.1) is 6.61 Å². The number of nitrogens with zero attached hydrogens (tertiary/aromatic N) is 2. The molecule has 5 heteroatoms. The quantitative estimate of drug-likeness (QED) is 0.910. The standard InChI is InChI=1S/C14H21N3O2/c1-3-19-14(18)17-9-7-12(8-10-17)16-13-6-4-5-11(2)15-13/h4-6,12H,3,7-10H2,1-2H3,(H,15,16). The second-order valence-electron chi connectivity index (χ2n) is 4.77. The number of likely N-dealkylation sites (tertiary alicyclic amines) is 1. The lowest BCUT2D eigenvalue weighted by Crippen LogP contribution is -2.42. The van der Waals surface area contributed by atoms with Crippen LogP contribution in [0, 0.1) is 6.92 Å². The molecule has 0 saturated carbocycles. The zero-order valence-electron chi connectivity index (χ0n) is 11.6. The molecule has 1 aliphatic rings. The molecule has 1 aliphatic heterocycles. The second-order valence-corrected chi connectivity index (χ2v) is 4.77. The molecule has 1 aromatic rings. The molecule has 0 spiro atoms. The van der Waals surface area contributed by atoms with Crippen molar-refractivity contribution in [3.8, 4) is 0 Å². The average Bonchev–Trinajstić information content (AvgIpc) is 2.40. The molecule has 104 valence electrons. The summed E-state index contributed by atoms with van der Waals surface area (Å²) in [4.78, 5) is 17.8. The van der Waals surface area contributed by atoms with Crippen molar-refractivity contribution >= 4 is 11.9 Å². The first-order valence-corrected chi connectivity index (χ1v) is 6.81. The Bertz CT molecular complexity index is 428. The number of carbonyl (C=O) groups is 1. The molecule has 1 saturated heterocycles. The van der Waals surface area contributed by atoms with Gasteiger partial charge in [0.25, 0.3) is 0 Å². The maximum absolute atomic E-state index is 11.6. The van der Waals surface area contributed by atoms with E-state index in [0.29, 0.717) is 12.6 Å². The van der Waals surface area contributed by atoms with E-state index in [0.717, 1.165) is 37.4 Å². The molecule has 0 aliphatic carbocycles. The number of amides is 1. The van der Waals surface area contributed by atoms with Gasteiger partial charge >= 0.3 is 6.09 Å². The number of carbonyl (C=O) groups excluding carboxylic acids is 1. The monoisotopic (exact) mass is 263 g/mol. The highest BCUT2D eigenvalue weighted by molar-refractivity contribution is 5.67. The molecule has 2 heterocycles. The fraction of sp³-hybridized carbons (Fsp3) is 0.571. The van der Waals surface area contributed by atoms with Crippen LogP contribution in [0.25, 0.3) is 0 Å². The van der Waals surface area contributed by atoms with Gasteiger partial charge < -0.3 is 15.0 Å². The number of aromatic nitrogens is 1. The zero-order chi connectivity index (χ0) is 13.7. The molecule has 0 aromatic carbocycles. The van der Waals surface area contributed by atoms with E-state index in [-0.39, 0.29) is 6.09 Å². The molecule has 0 radical (unpaired) electrons. The van der Waals surface area contributed by atoms with Crippen LogP contribution in [0.15, 0.2) is 18.2 Å². The van der Waals surface area contributed by atoms with E-state index < -0.39 is 0 Å². The van der Waals surface area contributed by atoms with E-state index in [1.807, 2.05) is 32.0 Å². The number of aryl methyl sites for hydroxylation is 1. The fourth-order valence-corrected chi connectivity index (χ4v) is 2.25. The van der Waals surface area contributed by atoms with Crippen molar-refractivity contribution < 1.29 is 9.53 Å². The summed E-state index contributed by atoms with van der Waals surface area (Å²) in [5.74, 6) is 0.912. The third-order valence-corrected chi connectivity index (χ3v) is 3.26. The normalized spacial score (nSPS) is 16.2. The van der Waals surface area contributed by atoms with Crippen molar-refractivity contribution in [2.24, 2.45) is 0 Å². The van der Waals surface area contributed by atoms with Crippen LogP contribution in [0.2, 0.25) is 0 Å². The molecule has 0 atom stereocenters. The van der Waals surface area contributed by atoms with Gasteiger partial charge in [0.1, 0.15) is 5.82 Å². The van der Waals surface area contributed by atoms with E-state index >= 15 is 0 Å². The second kappa shape index (κ2) is 6.41. The van der Waals surface area contributed by atoms with Crippen LogP contribution in [0.1, 0.15) is 25.5 Å². The first-order valence-electron chi connectivity index (χ1n) is 6.81. The van der Waals surface area contributed by atoms with E-state index in [4.69, 9.17) is 4.74 Å². The van der Waals surface area contributed by atoms with Gasteiger partial charge in [0.2, 0.25) is 0 Å². The van der Waals surface area contributed by atoms with Crippen molar-refractivity contribution in [2.75, 3.05) is 25.0 Å².